The molecular weight excluding hydrogens is 647 g/mol. The molecule has 3 aliphatic rings. The van der Waals surface area contributed by atoms with E-state index in [1.54, 1.807) is 38.6 Å². The number of amides is 3. The lowest BCUT2D eigenvalue weighted by Gasteiger charge is -2.42. The average Bonchev–Trinajstić information content (AvgIpc) is 3.71. The number of hydrogen-bond acceptors (Lipinski definition) is 6. The number of carbonyl (C=O) groups is 3. The van der Waals surface area contributed by atoms with E-state index in [1.165, 1.54) is 0 Å². The second-order valence-electron chi connectivity index (χ2n) is 14.2. The van der Waals surface area contributed by atoms with Crippen LogP contribution in [0.1, 0.15) is 40.5 Å². The molecule has 3 aromatic rings. The molecule has 2 bridgehead atoms. The number of benzene rings is 3. The lowest BCUT2D eigenvalue weighted by molar-refractivity contribution is -0.142. The number of nitrogens with zero attached hydrogens (tertiary/aromatic N) is 3. The number of aliphatic hydroxyl groups is 1. The minimum atomic E-state index is -0.872. The van der Waals surface area contributed by atoms with E-state index in [0.29, 0.717) is 30.9 Å². The molecule has 264 valence electrons. The molecule has 6 rings (SSSR count). The van der Waals surface area contributed by atoms with Gasteiger partial charge < -0.3 is 24.5 Å². The molecule has 1 spiro atoms. The molecule has 50 heavy (non-hydrogen) atoms. The van der Waals surface area contributed by atoms with Gasteiger partial charge in [0, 0.05) is 29.7 Å². The predicted molar refractivity (Wildman–Crippen MR) is 202 cm³/mol. The molecule has 1 N–H and O–H groups in total. The molecule has 3 unspecified atom stereocenters. The molecule has 3 fully saturated rings. The van der Waals surface area contributed by atoms with Crippen molar-refractivity contribution in [3.8, 4) is 5.75 Å². The van der Waals surface area contributed by atoms with Gasteiger partial charge in [-0.15, -0.1) is 24.9 Å². The van der Waals surface area contributed by atoms with Gasteiger partial charge in [-0.3, -0.25) is 14.4 Å². The molecule has 3 saturated heterocycles. The summed E-state index contributed by atoms with van der Waals surface area (Å²) in [7, 11) is 0. The van der Waals surface area contributed by atoms with Gasteiger partial charge in [-0.1, -0.05) is 63.3 Å². The van der Waals surface area contributed by atoms with Crippen LogP contribution in [0.15, 0.2) is 92.0 Å². The van der Waals surface area contributed by atoms with E-state index in [2.05, 4.69) is 33.9 Å². The molecule has 0 aliphatic carbocycles. The van der Waals surface area contributed by atoms with Crippen LogP contribution >= 0.6 is 11.8 Å². The van der Waals surface area contributed by atoms with Crippen molar-refractivity contribution in [2.75, 3.05) is 36.1 Å². The van der Waals surface area contributed by atoms with Gasteiger partial charge in [-0.2, -0.15) is 0 Å². The zero-order valence-corrected chi connectivity index (χ0v) is 30.4. The van der Waals surface area contributed by atoms with E-state index in [4.69, 9.17) is 4.74 Å². The Bertz CT molecular complexity index is 1760. The van der Waals surface area contributed by atoms with Crippen molar-refractivity contribution in [3.63, 3.8) is 0 Å². The Hall–Kier alpha value is -4.08. The van der Waals surface area contributed by atoms with Crippen LogP contribution < -0.4 is 14.5 Å². The Kier molecular flexibility index (Phi) is 10.5. The molecule has 0 saturated carbocycles. The van der Waals surface area contributed by atoms with Crippen LogP contribution in [-0.4, -0.2) is 76.1 Å². The standard InChI is InChI=1S/C41H49N3O5S/c1-7-20-42(30-16-18-33(19-17-30)49-9-3)38(46)35-34-23-27(6)41(50-34)36(35)39(47)44(32(25-45)22-26(4)5)37(41)40(48)43(21-8-2)31-15-14-28-12-10-11-13-29(28)24-31/h7-8,10-19,24,26-27,32,34-37,45H,1-2,9,20-23,25H2,3-6H3/t27?,32-,34-,35+,36+,37?,41?/m1/s1. The zero-order chi connectivity index (χ0) is 35.7. The van der Waals surface area contributed by atoms with Crippen LogP contribution in [0.4, 0.5) is 11.4 Å². The Balaban J connectivity index is 1.45. The van der Waals surface area contributed by atoms with Crippen molar-refractivity contribution in [2.24, 2.45) is 23.7 Å². The van der Waals surface area contributed by atoms with Crippen molar-refractivity contribution in [1.29, 1.82) is 0 Å². The number of carbonyl (C=O) groups excluding carboxylic acids is 3. The summed E-state index contributed by atoms with van der Waals surface area (Å²) >= 11 is 1.65. The minimum absolute atomic E-state index is 0.0200. The van der Waals surface area contributed by atoms with Crippen molar-refractivity contribution in [3.05, 3.63) is 92.0 Å². The number of hydrogen-bond donors (Lipinski definition) is 1. The van der Waals surface area contributed by atoms with Crippen LogP contribution in [0.25, 0.3) is 10.8 Å². The highest BCUT2D eigenvalue weighted by atomic mass is 32.2. The molecule has 8 nitrogen and oxygen atoms in total. The van der Waals surface area contributed by atoms with Gasteiger partial charge in [0.05, 0.1) is 35.8 Å². The fourth-order valence-electron chi connectivity index (χ4n) is 8.70. The first-order valence-corrected chi connectivity index (χ1v) is 18.7. The van der Waals surface area contributed by atoms with E-state index in [1.807, 2.05) is 73.7 Å². The average molecular weight is 696 g/mol. The Morgan fingerprint density at radius 3 is 2.26 bits per heavy atom. The number of aliphatic hydroxyl groups excluding tert-OH is 1. The largest absolute Gasteiger partial charge is 0.494 e. The van der Waals surface area contributed by atoms with Gasteiger partial charge >= 0.3 is 0 Å². The van der Waals surface area contributed by atoms with Crippen molar-refractivity contribution >= 4 is 51.6 Å². The summed E-state index contributed by atoms with van der Waals surface area (Å²) in [6.07, 6.45) is 4.64. The lowest BCUT2D eigenvalue weighted by Crippen LogP contribution is -2.59. The molecule has 3 aliphatic heterocycles. The second-order valence-corrected chi connectivity index (χ2v) is 15.7. The quantitative estimate of drug-likeness (QED) is 0.189. The van der Waals surface area contributed by atoms with Crippen molar-refractivity contribution in [2.45, 2.75) is 62.6 Å². The third kappa shape index (κ3) is 6.02. The van der Waals surface area contributed by atoms with Gasteiger partial charge in [0.2, 0.25) is 11.8 Å². The number of anilines is 2. The number of rotatable bonds is 14. The third-order valence-electron chi connectivity index (χ3n) is 10.7. The SMILES string of the molecule is C=CCN(C(=O)C1N([C@@H](CO)CC(C)C)C(=O)[C@@H]2[C@@H](C(=O)N(CC=C)c3ccc(OCC)cc3)[C@H]3CC(C)C12S3)c1ccc2ccccc2c1. The first kappa shape index (κ1) is 35.7. The first-order chi connectivity index (χ1) is 24.1. The monoisotopic (exact) mass is 695 g/mol. The molecular formula is C41H49N3O5S. The second kappa shape index (κ2) is 14.6. The molecule has 3 amide bonds. The smallest absolute Gasteiger partial charge is 0.251 e. The minimum Gasteiger partial charge on any atom is -0.494 e. The first-order valence-electron chi connectivity index (χ1n) is 17.8. The lowest BCUT2D eigenvalue weighted by atomic mass is 9.65. The normalized spacial score (nSPS) is 25.8. The van der Waals surface area contributed by atoms with Crippen LogP contribution in [0.3, 0.4) is 0 Å². The fourth-order valence-corrected chi connectivity index (χ4v) is 11.1. The highest BCUT2D eigenvalue weighted by molar-refractivity contribution is 8.02. The zero-order valence-electron chi connectivity index (χ0n) is 29.5. The van der Waals surface area contributed by atoms with Gasteiger partial charge in [0.1, 0.15) is 11.8 Å². The predicted octanol–water partition coefficient (Wildman–Crippen LogP) is 6.72. The Morgan fingerprint density at radius 1 is 1.00 bits per heavy atom. The van der Waals surface area contributed by atoms with Crippen LogP contribution in [0.5, 0.6) is 5.75 Å². The van der Waals surface area contributed by atoms with E-state index < -0.39 is 28.7 Å². The molecule has 7 atom stereocenters. The highest BCUT2D eigenvalue weighted by Crippen LogP contribution is 2.69. The van der Waals surface area contributed by atoms with Gasteiger partial charge in [0.25, 0.3) is 5.91 Å². The summed E-state index contributed by atoms with van der Waals surface area (Å²) in [5, 5.41) is 12.8. The van der Waals surface area contributed by atoms with Crippen LogP contribution in [0, 0.1) is 23.7 Å². The maximum atomic E-state index is 15.3. The summed E-state index contributed by atoms with van der Waals surface area (Å²) in [5.74, 6) is -1.07. The summed E-state index contributed by atoms with van der Waals surface area (Å²) in [6.45, 7) is 16.8. The van der Waals surface area contributed by atoms with Crippen molar-refractivity contribution in [1.82, 2.24) is 4.90 Å². The van der Waals surface area contributed by atoms with Gasteiger partial charge in [-0.25, -0.2) is 0 Å². The number of fused-ring (bicyclic) bond motifs is 2. The topological polar surface area (TPSA) is 90.4 Å². The van der Waals surface area contributed by atoms with E-state index >= 15 is 9.59 Å². The summed E-state index contributed by atoms with van der Waals surface area (Å²) in [4.78, 5) is 50.3. The molecule has 0 radical (unpaired) electrons. The Morgan fingerprint density at radius 2 is 1.64 bits per heavy atom. The highest BCUT2D eigenvalue weighted by Gasteiger charge is 2.77. The molecule has 0 aromatic heterocycles. The summed E-state index contributed by atoms with van der Waals surface area (Å²) in [6, 6.07) is 19.9. The van der Waals surface area contributed by atoms with Gasteiger partial charge in [-0.05, 0) is 78.8 Å². The van der Waals surface area contributed by atoms with E-state index in [0.717, 1.165) is 16.5 Å². The van der Waals surface area contributed by atoms with E-state index in [9.17, 15) is 9.90 Å². The molecule has 9 heteroatoms. The summed E-state index contributed by atoms with van der Waals surface area (Å²) in [5.41, 5.74) is 1.42. The fraction of sp³-hybridized carbons (Fsp3) is 0.439. The van der Waals surface area contributed by atoms with Crippen LogP contribution in [0.2, 0.25) is 0 Å². The number of thioether (sulfide) groups is 1. The summed E-state index contributed by atoms with van der Waals surface area (Å²) < 4.78 is 4.79. The van der Waals surface area contributed by atoms with Crippen molar-refractivity contribution < 1.29 is 24.2 Å². The van der Waals surface area contributed by atoms with Gasteiger partial charge in [0.15, 0.2) is 0 Å². The number of likely N-dealkylation sites (tertiary alicyclic amines) is 1. The van der Waals surface area contributed by atoms with E-state index in [-0.39, 0.29) is 54.5 Å². The maximum Gasteiger partial charge on any atom is 0.251 e. The number of ether oxygens (including phenoxy) is 1. The third-order valence-corrected chi connectivity index (χ3v) is 12.8. The molecule has 3 aromatic carbocycles. The maximum absolute atomic E-state index is 15.3. The molecule has 3 heterocycles. The Labute approximate surface area is 300 Å². The van der Waals surface area contributed by atoms with Crippen LogP contribution in [-0.2, 0) is 14.4 Å².